The zero-order chi connectivity index (χ0) is 29.8. The van der Waals surface area contributed by atoms with Gasteiger partial charge in [0.05, 0.1) is 30.0 Å². The summed E-state index contributed by atoms with van der Waals surface area (Å²) in [7, 11) is 0. The van der Waals surface area contributed by atoms with Gasteiger partial charge in [0.15, 0.2) is 6.29 Å². The van der Waals surface area contributed by atoms with Gasteiger partial charge in [0.2, 0.25) is 0 Å². The molecule has 222 valence electrons. The van der Waals surface area contributed by atoms with Gasteiger partial charge >= 0.3 is 5.69 Å². The van der Waals surface area contributed by atoms with E-state index in [1.54, 1.807) is 27.7 Å². The van der Waals surface area contributed by atoms with Crippen molar-refractivity contribution in [2.24, 2.45) is 0 Å². The first-order valence-corrected chi connectivity index (χ1v) is 14.8. The highest BCUT2D eigenvalue weighted by Gasteiger charge is 2.28. The number of hydrogen-bond donors (Lipinski definition) is 0. The first-order chi connectivity index (χ1) is 21.0. The van der Waals surface area contributed by atoms with E-state index in [0.717, 1.165) is 55.3 Å². The predicted octanol–water partition coefficient (Wildman–Crippen LogP) is 4.70. The summed E-state index contributed by atoms with van der Waals surface area (Å²) in [6.07, 6.45) is 1.86. The molecule has 0 aliphatic carbocycles. The molecule has 0 spiro atoms. The molecule has 1 aromatic heterocycles. The fourth-order valence-corrected chi connectivity index (χ4v) is 5.38. The second-order valence-electron chi connectivity index (χ2n) is 10.9. The number of piperazine rings is 1. The van der Waals surface area contributed by atoms with Gasteiger partial charge in [0.1, 0.15) is 24.8 Å². The van der Waals surface area contributed by atoms with Gasteiger partial charge in [-0.1, -0.05) is 19.1 Å². The molecule has 2 saturated heterocycles. The fraction of sp³-hybridized carbons (Fsp3) is 0.364. The zero-order valence-electron chi connectivity index (χ0n) is 24.5. The Hall–Kier alpha value is -4.59. The average Bonchev–Trinajstić information content (AvgIpc) is 3.71. The second-order valence-corrected chi connectivity index (χ2v) is 10.9. The number of aromatic nitrogens is 3. The van der Waals surface area contributed by atoms with Crippen LogP contribution in [-0.4, -0.2) is 59.8 Å². The fourth-order valence-electron chi connectivity index (χ4n) is 5.38. The Morgan fingerprint density at radius 2 is 1.53 bits per heavy atom. The highest BCUT2D eigenvalue weighted by atomic mass is 16.7. The van der Waals surface area contributed by atoms with Crippen molar-refractivity contribution in [3.8, 4) is 17.5 Å². The number of benzene rings is 3. The third-order valence-electron chi connectivity index (χ3n) is 8.17. The summed E-state index contributed by atoms with van der Waals surface area (Å²) in [5, 5.41) is 13.3. The molecule has 10 heteroatoms. The Balaban J connectivity index is 0.974. The van der Waals surface area contributed by atoms with Crippen LogP contribution in [0.5, 0.6) is 5.75 Å². The average molecular weight is 581 g/mol. The Morgan fingerprint density at radius 1 is 0.930 bits per heavy atom. The van der Waals surface area contributed by atoms with E-state index in [1.807, 2.05) is 50.2 Å². The number of hydrogen-bond acceptors (Lipinski definition) is 8. The minimum Gasteiger partial charge on any atom is -0.491 e. The van der Waals surface area contributed by atoms with Crippen LogP contribution >= 0.6 is 0 Å². The van der Waals surface area contributed by atoms with Crippen LogP contribution in [-0.2, 0) is 9.47 Å². The molecule has 0 amide bonds. The third-order valence-corrected chi connectivity index (χ3v) is 8.17. The second kappa shape index (κ2) is 12.7. The lowest BCUT2D eigenvalue weighted by molar-refractivity contribution is -0.0659. The van der Waals surface area contributed by atoms with Gasteiger partial charge in [0.25, 0.3) is 0 Å². The normalized spacial score (nSPS) is 19.3. The van der Waals surface area contributed by atoms with Gasteiger partial charge < -0.3 is 24.0 Å². The van der Waals surface area contributed by atoms with Gasteiger partial charge in [-0.25, -0.2) is 14.0 Å². The number of anilines is 2. The summed E-state index contributed by atoms with van der Waals surface area (Å²) in [6.45, 7) is 8.54. The summed E-state index contributed by atoms with van der Waals surface area (Å²) in [5.41, 5.74) is 4.53. The molecule has 0 saturated carbocycles. The molecule has 0 N–H and O–H groups in total. The van der Waals surface area contributed by atoms with Crippen molar-refractivity contribution >= 4 is 11.4 Å². The van der Waals surface area contributed by atoms with Gasteiger partial charge in [-0.3, -0.25) is 0 Å². The lowest BCUT2D eigenvalue weighted by Gasteiger charge is -2.37. The number of nitrogens with zero attached hydrogens (tertiary/aromatic N) is 6. The van der Waals surface area contributed by atoms with Crippen molar-refractivity contribution < 1.29 is 14.2 Å². The lowest BCUT2D eigenvalue weighted by atomic mass is 10.1. The highest BCUT2D eigenvalue weighted by molar-refractivity contribution is 5.54. The molecule has 2 aliphatic heterocycles. The number of ether oxygens (including phenoxy) is 3. The molecular weight excluding hydrogens is 544 g/mol. The van der Waals surface area contributed by atoms with Crippen LogP contribution in [0.3, 0.4) is 0 Å². The van der Waals surface area contributed by atoms with Gasteiger partial charge in [0, 0.05) is 43.1 Å². The summed E-state index contributed by atoms with van der Waals surface area (Å²) in [4.78, 5) is 17.5. The summed E-state index contributed by atoms with van der Waals surface area (Å²) in [5.74, 6) is 0.793. The smallest absolute Gasteiger partial charge is 0.350 e. The molecule has 10 nitrogen and oxygen atoms in total. The van der Waals surface area contributed by atoms with E-state index in [2.05, 4.69) is 45.2 Å². The Kier molecular flexibility index (Phi) is 8.45. The summed E-state index contributed by atoms with van der Waals surface area (Å²) < 4.78 is 20.9. The number of rotatable bonds is 9. The Bertz CT molecular complexity index is 1600. The predicted molar refractivity (Wildman–Crippen MR) is 164 cm³/mol. The van der Waals surface area contributed by atoms with E-state index < -0.39 is 6.29 Å². The minimum atomic E-state index is -0.440. The standard InChI is InChI=1S/C33H36N6O4/c1-3-24(2)39-33(40)38(23-35-39)29-10-8-27(9-11-29)36-16-18-37(19-17-36)28-12-14-30(15-13-28)41-21-31-22-42-32(43-31)26-6-4-25(20-34)5-7-26/h4-15,23-24,31-32H,3,16-19,21-22H2,1-2H3/t24?,31-,32-/m1/s1. The number of nitriles is 1. The SMILES string of the molecule is CCC(C)n1ncn(-c2ccc(N3CCN(c4ccc(OC[C@@H]5CO[C@@H](c6ccc(C#N)cc6)O5)cc4)CC3)cc2)c1=O. The molecule has 3 aromatic carbocycles. The maximum Gasteiger partial charge on any atom is 0.350 e. The van der Waals surface area contributed by atoms with Crippen LogP contribution < -0.4 is 20.2 Å². The maximum absolute atomic E-state index is 12.7. The first-order valence-electron chi connectivity index (χ1n) is 14.8. The Morgan fingerprint density at radius 3 is 2.14 bits per heavy atom. The van der Waals surface area contributed by atoms with Crippen LogP contribution in [0.2, 0.25) is 0 Å². The van der Waals surface area contributed by atoms with Crippen molar-refractivity contribution in [2.45, 2.75) is 38.7 Å². The van der Waals surface area contributed by atoms with Crippen molar-refractivity contribution in [3.63, 3.8) is 0 Å². The molecule has 4 aromatic rings. The molecule has 1 unspecified atom stereocenters. The van der Waals surface area contributed by atoms with Crippen LogP contribution in [0.15, 0.2) is 83.9 Å². The van der Waals surface area contributed by atoms with Crippen LogP contribution in [0.25, 0.3) is 5.69 Å². The molecule has 0 radical (unpaired) electrons. The van der Waals surface area contributed by atoms with E-state index >= 15 is 0 Å². The van der Waals surface area contributed by atoms with Gasteiger partial charge in [-0.2, -0.15) is 10.4 Å². The first kappa shape index (κ1) is 28.5. The molecule has 43 heavy (non-hydrogen) atoms. The quantitative estimate of drug-likeness (QED) is 0.281. The van der Waals surface area contributed by atoms with Crippen molar-refractivity contribution in [1.82, 2.24) is 14.3 Å². The molecule has 2 aliphatic rings. The molecule has 2 fully saturated rings. The lowest BCUT2D eigenvalue weighted by Crippen LogP contribution is -2.46. The van der Waals surface area contributed by atoms with Gasteiger partial charge in [-0.05, 0) is 74.0 Å². The molecule has 3 atom stereocenters. The maximum atomic E-state index is 12.7. The van der Waals surface area contributed by atoms with E-state index in [0.29, 0.717) is 18.8 Å². The summed E-state index contributed by atoms with van der Waals surface area (Å²) in [6, 6.07) is 25.8. The zero-order valence-corrected chi connectivity index (χ0v) is 24.5. The topological polar surface area (TPSA) is 97.8 Å². The summed E-state index contributed by atoms with van der Waals surface area (Å²) >= 11 is 0. The van der Waals surface area contributed by atoms with Gasteiger partial charge in [-0.15, -0.1) is 0 Å². The van der Waals surface area contributed by atoms with E-state index in [4.69, 9.17) is 19.5 Å². The highest BCUT2D eigenvalue weighted by Crippen LogP contribution is 2.28. The largest absolute Gasteiger partial charge is 0.491 e. The molecule has 0 bridgehead atoms. The van der Waals surface area contributed by atoms with E-state index in [1.165, 1.54) is 5.69 Å². The molecular formula is C33H36N6O4. The van der Waals surface area contributed by atoms with Crippen LogP contribution in [0.1, 0.15) is 43.7 Å². The van der Waals surface area contributed by atoms with Crippen LogP contribution in [0.4, 0.5) is 11.4 Å². The van der Waals surface area contributed by atoms with E-state index in [-0.39, 0.29) is 17.8 Å². The molecule has 3 heterocycles. The van der Waals surface area contributed by atoms with Crippen molar-refractivity contribution in [1.29, 1.82) is 5.26 Å². The van der Waals surface area contributed by atoms with Crippen molar-refractivity contribution in [3.05, 3.63) is 101 Å². The monoisotopic (exact) mass is 580 g/mol. The Labute approximate surface area is 251 Å². The minimum absolute atomic E-state index is 0.0739. The van der Waals surface area contributed by atoms with Crippen molar-refractivity contribution in [2.75, 3.05) is 49.2 Å². The molecule has 6 rings (SSSR count). The third kappa shape index (κ3) is 6.28. The van der Waals surface area contributed by atoms with Crippen LogP contribution in [0, 0.1) is 11.3 Å². The van der Waals surface area contributed by atoms with E-state index in [9.17, 15) is 4.79 Å².